The van der Waals surface area contributed by atoms with Crippen LogP contribution in [0, 0.1) is 5.92 Å². The van der Waals surface area contributed by atoms with Gasteiger partial charge in [-0.3, -0.25) is 0 Å². The number of nitrogens with zero attached hydrogens (tertiary/aromatic N) is 1. The summed E-state index contributed by atoms with van der Waals surface area (Å²) in [5, 5.41) is 3.80. The van der Waals surface area contributed by atoms with Crippen LogP contribution < -0.4 is 0 Å². The van der Waals surface area contributed by atoms with E-state index in [0.717, 1.165) is 5.71 Å². The van der Waals surface area contributed by atoms with E-state index in [1.165, 1.54) is 5.57 Å². The molecule has 1 heterocycles. The maximum Gasteiger partial charge on any atom is 0.121 e. The van der Waals surface area contributed by atoms with E-state index in [2.05, 4.69) is 12.1 Å². The van der Waals surface area contributed by atoms with Crippen molar-refractivity contribution < 1.29 is 4.84 Å². The Morgan fingerprint density at radius 3 is 2.67 bits per heavy atom. The summed E-state index contributed by atoms with van der Waals surface area (Å²) >= 11 is 0. The molecule has 0 N–H and O–H groups in total. The summed E-state index contributed by atoms with van der Waals surface area (Å²) < 4.78 is 0. The van der Waals surface area contributed by atoms with Crippen LogP contribution in [-0.4, -0.2) is 5.71 Å². The molecule has 2 nitrogen and oxygen atoms in total. The Bertz CT molecular complexity index is 152. The Kier molecular flexibility index (Phi) is 1.56. The predicted molar refractivity (Wildman–Crippen MR) is 37.1 cm³/mol. The van der Waals surface area contributed by atoms with Gasteiger partial charge in [-0.1, -0.05) is 12.1 Å². The molecule has 9 heavy (non-hydrogen) atoms. The summed E-state index contributed by atoms with van der Waals surface area (Å²) in [6, 6.07) is 0. The minimum atomic E-state index is 0.457. The largest absolute Gasteiger partial charge is 0.365 e. The average Bonchev–Trinajstić information content (AvgIpc) is 1.83. The molecule has 0 fully saturated rings. The van der Waals surface area contributed by atoms with Gasteiger partial charge in [0.1, 0.15) is 6.26 Å². The molecule has 1 aliphatic rings. The average molecular weight is 125 g/mol. The van der Waals surface area contributed by atoms with E-state index in [1.54, 1.807) is 6.26 Å². The Hall–Kier alpha value is -0.790. The molecule has 0 aromatic rings. The molecule has 0 amide bonds. The zero-order valence-electron chi connectivity index (χ0n) is 6.01. The normalized spacial score (nSPS) is 26.3. The number of rotatable bonds is 0. The molecule has 1 rings (SSSR count). The lowest BCUT2D eigenvalue weighted by Crippen LogP contribution is -2.11. The van der Waals surface area contributed by atoms with E-state index < -0.39 is 0 Å². The quantitative estimate of drug-likeness (QED) is 0.484. The zero-order valence-corrected chi connectivity index (χ0v) is 6.01. The van der Waals surface area contributed by atoms with Crippen molar-refractivity contribution in [2.75, 3.05) is 0 Å². The molecule has 0 aromatic carbocycles. The third-order valence-corrected chi connectivity index (χ3v) is 1.74. The first-order valence-electron chi connectivity index (χ1n) is 3.09. The second kappa shape index (κ2) is 2.21. The van der Waals surface area contributed by atoms with E-state index in [1.807, 2.05) is 13.8 Å². The van der Waals surface area contributed by atoms with Crippen molar-refractivity contribution in [3.63, 3.8) is 0 Å². The van der Waals surface area contributed by atoms with Gasteiger partial charge in [0.05, 0.1) is 5.71 Å². The summed E-state index contributed by atoms with van der Waals surface area (Å²) in [6.45, 7) is 6.14. The van der Waals surface area contributed by atoms with Gasteiger partial charge in [0.25, 0.3) is 0 Å². The Morgan fingerprint density at radius 2 is 2.22 bits per heavy atom. The van der Waals surface area contributed by atoms with Crippen LogP contribution in [0.3, 0.4) is 0 Å². The van der Waals surface area contributed by atoms with Crippen LogP contribution in [0.2, 0.25) is 0 Å². The van der Waals surface area contributed by atoms with Gasteiger partial charge in [0, 0.05) is 5.92 Å². The van der Waals surface area contributed by atoms with Crippen LogP contribution in [0.25, 0.3) is 0 Å². The molecule has 1 aliphatic heterocycles. The van der Waals surface area contributed by atoms with Crippen LogP contribution >= 0.6 is 0 Å². The first-order valence-corrected chi connectivity index (χ1v) is 3.09. The van der Waals surface area contributed by atoms with Gasteiger partial charge in [-0.25, -0.2) is 0 Å². The second-order valence-corrected chi connectivity index (χ2v) is 2.42. The van der Waals surface area contributed by atoms with Crippen LogP contribution in [0.5, 0.6) is 0 Å². The molecular formula is C7H11NO. The molecule has 2 heteroatoms. The maximum absolute atomic E-state index is 4.79. The van der Waals surface area contributed by atoms with Gasteiger partial charge in [-0.15, -0.1) is 0 Å². The Morgan fingerprint density at radius 1 is 1.56 bits per heavy atom. The third kappa shape index (κ3) is 1.12. The number of hydrogen-bond donors (Lipinski definition) is 0. The van der Waals surface area contributed by atoms with Crippen molar-refractivity contribution in [3.8, 4) is 0 Å². The third-order valence-electron chi connectivity index (χ3n) is 1.74. The highest BCUT2D eigenvalue weighted by Gasteiger charge is 2.11. The highest BCUT2D eigenvalue weighted by atomic mass is 16.6. The molecular weight excluding hydrogens is 114 g/mol. The van der Waals surface area contributed by atoms with Crippen LogP contribution in [-0.2, 0) is 4.84 Å². The van der Waals surface area contributed by atoms with Crippen molar-refractivity contribution >= 4 is 5.71 Å². The first kappa shape index (κ1) is 6.33. The summed E-state index contributed by atoms with van der Waals surface area (Å²) in [7, 11) is 0. The molecule has 0 aromatic heterocycles. The summed E-state index contributed by atoms with van der Waals surface area (Å²) in [6.07, 6.45) is 1.69. The van der Waals surface area contributed by atoms with E-state index in [0.29, 0.717) is 5.92 Å². The lowest BCUT2D eigenvalue weighted by atomic mass is 9.99. The van der Waals surface area contributed by atoms with Crippen molar-refractivity contribution in [2.45, 2.75) is 20.8 Å². The van der Waals surface area contributed by atoms with Crippen molar-refractivity contribution in [2.24, 2.45) is 11.1 Å². The van der Waals surface area contributed by atoms with Crippen LogP contribution in [0.1, 0.15) is 20.8 Å². The van der Waals surface area contributed by atoms with E-state index in [4.69, 9.17) is 4.84 Å². The highest BCUT2D eigenvalue weighted by molar-refractivity contribution is 5.86. The summed E-state index contributed by atoms with van der Waals surface area (Å²) in [5.41, 5.74) is 2.29. The maximum atomic E-state index is 4.79. The number of allylic oxidation sites excluding steroid dienone is 1. The van der Waals surface area contributed by atoms with E-state index >= 15 is 0 Å². The second-order valence-electron chi connectivity index (χ2n) is 2.42. The van der Waals surface area contributed by atoms with Crippen LogP contribution in [0.15, 0.2) is 17.0 Å². The fourth-order valence-electron chi connectivity index (χ4n) is 0.703. The summed E-state index contributed by atoms with van der Waals surface area (Å²) in [5.74, 6) is 0.457. The topological polar surface area (TPSA) is 21.6 Å². The van der Waals surface area contributed by atoms with E-state index in [-0.39, 0.29) is 0 Å². The lowest BCUT2D eigenvalue weighted by Gasteiger charge is -2.14. The SMILES string of the molecule is CC1=CON=C(C)C1C. The van der Waals surface area contributed by atoms with Gasteiger partial charge < -0.3 is 4.84 Å². The molecule has 0 saturated heterocycles. The molecule has 0 bridgehead atoms. The molecule has 0 radical (unpaired) electrons. The molecule has 50 valence electrons. The van der Waals surface area contributed by atoms with Gasteiger partial charge in [0.15, 0.2) is 0 Å². The molecule has 1 atom stereocenters. The standard InChI is InChI=1S/C7H11NO/c1-5-4-9-8-7(3)6(5)2/h4,6H,1-3H3. The fraction of sp³-hybridized carbons (Fsp3) is 0.571. The minimum absolute atomic E-state index is 0.457. The molecule has 0 spiro atoms. The Labute approximate surface area is 55.2 Å². The zero-order chi connectivity index (χ0) is 6.85. The number of oxime groups is 1. The molecule has 0 saturated carbocycles. The predicted octanol–water partition coefficient (Wildman–Crippen LogP) is 1.93. The van der Waals surface area contributed by atoms with Gasteiger partial charge in [0.2, 0.25) is 0 Å². The van der Waals surface area contributed by atoms with Gasteiger partial charge >= 0.3 is 0 Å². The highest BCUT2D eigenvalue weighted by Crippen LogP contribution is 2.15. The number of hydrogen-bond acceptors (Lipinski definition) is 2. The molecule has 0 aliphatic carbocycles. The Balaban J connectivity index is 2.74. The summed E-state index contributed by atoms with van der Waals surface area (Å²) in [4.78, 5) is 4.79. The smallest absolute Gasteiger partial charge is 0.121 e. The van der Waals surface area contributed by atoms with Gasteiger partial charge in [-0.2, -0.15) is 0 Å². The monoisotopic (exact) mass is 125 g/mol. The van der Waals surface area contributed by atoms with Gasteiger partial charge in [-0.05, 0) is 19.4 Å². The first-order chi connectivity index (χ1) is 4.22. The van der Waals surface area contributed by atoms with E-state index in [9.17, 15) is 0 Å². The van der Waals surface area contributed by atoms with Crippen molar-refractivity contribution in [1.82, 2.24) is 0 Å². The fourth-order valence-corrected chi connectivity index (χ4v) is 0.703. The van der Waals surface area contributed by atoms with Crippen molar-refractivity contribution in [1.29, 1.82) is 0 Å². The molecule has 1 unspecified atom stereocenters. The van der Waals surface area contributed by atoms with Crippen LogP contribution in [0.4, 0.5) is 0 Å². The van der Waals surface area contributed by atoms with Crippen molar-refractivity contribution in [3.05, 3.63) is 11.8 Å². The lowest BCUT2D eigenvalue weighted by molar-refractivity contribution is 0.252. The minimum Gasteiger partial charge on any atom is -0.365 e.